The van der Waals surface area contributed by atoms with E-state index >= 15 is 0 Å². The first-order valence-electron chi connectivity index (χ1n) is 7.97. The highest BCUT2D eigenvalue weighted by Gasteiger charge is 2.12. The zero-order valence-electron chi connectivity index (χ0n) is 14.0. The Morgan fingerprint density at radius 2 is 1.46 bits per heavy atom. The first-order valence-corrected chi connectivity index (χ1v) is 7.97. The molecule has 2 rings (SSSR count). The molecular formula is C19H23N3O2. The van der Waals surface area contributed by atoms with Crippen molar-refractivity contribution in [3.63, 3.8) is 0 Å². The maximum Gasteiger partial charge on any atom is 0.226 e. The summed E-state index contributed by atoms with van der Waals surface area (Å²) in [5, 5.41) is 5.62. The summed E-state index contributed by atoms with van der Waals surface area (Å²) in [6, 6.07) is 16.2. The van der Waals surface area contributed by atoms with Crippen LogP contribution in [0.25, 0.3) is 0 Å². The lowest BCUT2D eigenvalue weighted by Gasteiger charge is -2.13. The fraction of sp³-hybridized carbons (Fsp3) is 0.263. The van der Waals surface area contributed by atoms with Gasteiger partial charge in [-0.15, -0.1) is 0 Å². The molecule has 0 aliphatic heterocycles. The molecule has 2 amide bonds. The van der Waals surface area contributed by atoms with Gasteiger partial charge in [-0.2, -0.15) is 0 Å². The van der Waals surface area contributed by atoms with Crippen molar-refractivity contribution in [2.75, 3.05) is 10.6 Å². The highest BCUT2D eigenvalue weighted by atomic mass is 16.2. The lowest BCUT2D eigenvalue weighted by atomic mass is 10.0. The molecule has 1 unspecified atom stereocenters. The minimum absolute atomic E-state index is 0.0411. The molecular weight excluding hydrogens is 302 g/mol. The largest absolute Gasteiger partial charge is 0.326 e. The van der Waals surface area contributed by atoms with Gasteiger partial charge in [0.25, 0.3) is 0 Å². The van der Waals surface area contributed by atoms with Crippen LogP contribution < -0.4 is 16.4 Å². The van der Waals surface area contributed by atoms with Gasteiger partial charge in [0.15, 0.2) is 0 Å². The summed E-state index contributed by atoms with van der Waals surface area (Å²) in [6.45, 7) is 3.67. The van der Waals surface area contributed by atoms with Crippen LogP contribution in [0.4, 0.5) is 11.4 Å². The van der Waals surface area contributed by atoms with Gasteiger partial charge in [-0.3, -0.25) is 9.59 Å². The Labute approximate surface area is 142 Å². The number of carbonyl (C=O) groups is 2. The van der Waals surface area contributed by atoms with Gasteiger partial charge in [-0.05, 0) is 29.8 Å². The Kier molecular flexibility index (Phi) is 6.09. The molecule has 0 fully saturated rings. The number of amides is 2. The second-order valence-electron chi connectivity index (χ2n) is 5.99. The van der Waals surface area contributed by atoms with Gasteiger partial charge < -0.3 is 16.4 Å². The van der Waals surface area contributed by atoms with Crippen LogP contribution in [0, 0.1) is 5.92 Å². The quantitative estimate of drug-likeness (QED) is 0.762. The monoisotopic (exact) mass is 325 g/mol. The van der Waals surface area contributed by atoms with Gasteiger partial charge in [0.05, 0.1) is 0 Å². The smallest absolute Gasteiger partial charge is 0.226 e. The first-order chi connectivity index (χ1) is 11.5. The summed E-state index contributed by atoms with van der Waals surface area (Å²) in [5.41, 5.74) is 8.35. The number of nitrogens with two attached hydrogens (primary N) is 1. The first kappa shape index (κ1) is 17.7. The highest BCUT2D eigenvalue weighted by Crippen LogP contribution is 2.17. The highest BCUT2D eigenvalue weighted by molar-refractivity contribution is 5.93. The predicted molar refractivity (Wildman–Crippen MR) is 96.5 cm³/mol. The van der Waals surface area contributed by atoms with Gasteiger partial charge in [-0.25, -0.2) is 0 Å². The van der Waals surface area contributed by atoms with Gasteiger partial charge in [-0.1, -0.05) is 44.2 Å². The summed E-state index contributed by atoms with van der Waals surface area (Å²) in [7, 11) is 0. The van der Waals surface area contributed by atoms with Crippen molar-refractivity contribution in [3.8, 4) is 0 Å². The number of hydrogen-bond acceptors (Lipinski definition) is 3. The number of hydrogen-bond donors (Lipinski definition) is 3. The van der Waals surface area contributed by atoms with Crippen molar-refractivity contribution >= 4 is 23.2 Å². The third kappa shape index (κ3) is 5.21. The van der Waals surface area contributed by atoms with E-state index in [0.717, 1.165) is 5.56 Å². The van der Waals surface area contributed by atoms with Gasteiger partial charge in [0, 0.05) is 29.8 Å². The summed E-state index contributed by atoms with van der Waals surface area (Å²) in [6.07, 6.45) is 0.204. The van der Waals surface area contributed by atoms with Crippen LogP contribution >= 0.6 is 0 Å². The number of nitrogens with one attached hydrogen (secondary N) is 2. The summed E-state index contributed by atoms with van der Waals surface area (Å²) in [5.74, 6) is -0.269. The van der Waals surface area contributed by atoms with E-state index in [1.165, 1.54) is 0 Å². The minimum Gasteiger partial charge on any atom is -0.326 e. The van der Waals surface area contributed by atoms with Crippen molar-refractivity contribution in [1.82, 2.24) is 0 Å². The van der Waals surface area contributed by atoms with Crippen molar-refractivity contribution in [2.45, 2.75) is 26.3 Å². The Balaban J connectivity index is 1.89. The van der Waals surface area contributed by atoms with Gasteiger partial charge in [0.1, 0.15) is 0 Å². The molecule has 5 heteroatoms. The SMILES string of the molecule is CC(C)C(=O)Nc1ccc(NC(=O)CC(N)c2ccccc2)cc1. The zero-order valence-corrected chi connectivity index (χ0v) is 14.0. The molecule has 1 atom stereocenters. The molecule has 0 saturated carbocycles. The molecule has 4 N–H and O–H groups in total. The lowest BCUT2D eigenvalue weighted by Crippen LogP contribution is -2.20. The van der Waals surface area contributed by atoms with Crippen LogP contribution in [0.3, 0.4) is 0 Å². The maximum absolute atomic E-state index is 12.1. The van der Waals surface area contributed by atoms with E-state index in [1.54, 1.807) is 24.3 Å². The topological polar surface area (TPSA) is 84.2 Å². The number of carbonyl (C=O) groups excluding carboxylic acids is 2. The normalized spacial score (nSPS) is 11.8. The molecule has 0 aliphatic carbocycles. The third-order valence-electron chi connectivity index (χ3n) is 3.59. The van der Waals surface area contributed by atoms with E-state index in [4.69, 9.17) is 5.73 Å². The number of rotatable bonds is 6. The van der Waals surface area contributed by atoms with Crippen LogP contribution in [0.15, 0.2) is 54.6 Å². The standard InChI is InChI=1S/C19H23N3O2/c1-13(2)19(24)22-16-10-8-15(9-11-16)21-18(23)12-17(20)14-6-4-3-5-7-14/h3-11,13,17H,12,20H2,1-2H3,(H,21,23)(H,22,24). The van der Waals surface area contributed by atoms with Crippen molar-refractivity contribution < 1.29 is 9.59 Å². The van der Waals surface area contributed by atoms with Crippen LogP contribution in [-0.4, -0.2) is 11.8 Å². The average Bonchev–Trinajstić information content (AvgIpc) is 2.57. The molecule has 0 spiro atoms. The molecule has 126 valence electrons. The zero-order chi connectivity index (χ0) is 17.5. The molecule has 0 heterocycles. The summed E-state index contributed by atoms with van der Waals surface area (Å²) in [4.78, 5) is 23.7. The summed E-state index contributed by atoms with van der Waals surface area (Å²) >= 11 is 0. The molecule has 0 aliphatic rings. The molecule has 5 nitrogen and oxygen atoms in total. The van der Waals surface area contributed by atoms with Gasteiger partial charge in [0.2, 0.25) is 11.8 Å². The van der Waals surface area contributed by atoms with Crippen molar-refractivity contribution in [3.05, 3.63) is 60.2 Å². The third-order valence-corrected chi connectivity index (χ3v) is 3.59. The van der Waals surface area contributed by atoms with Gasteiger partial charge >= 0.3 is 0 Å². The van der Waals surface area contributed by atoms with Crippen molar-refractivity contribution in [2.24, 2.45) is 11.7 Å². The van der Waals surface area contributed by atoms with Crippen molar-refractivity contribution in [1.29, 1.82) is 0 Å². The van der Waals surface area contributed by atoms with E-state index in [-0.39, 0.29) is 30.2 Å². The van der Waals surface area contributed by atoms with E-state index < -0.39 is 0 Å². The van der Waals surface area contributed by atoms with E-state index in [9.17, 15) is 9.59 Å². The predicted octanol–water partition coefficient (Wildman–Crippen LogP) is 3.31. The van der Waals surface area contributed by atoms with Crippen LogP contribution in [0.5, 0.6) is 0 Å². The van der Waals surface area contributed by atoms with Crippen LogP contribution in [0.2, 0.25) is 0 Å². The van der Waals surface area contributed by atoms with Crippen LogP contribution in [-0.2, 0) is 9.59 Å². The molecule has 2 aromatic rings. The fourth-order valence-corrected chi connectivity index (χ4v) is 2.15. The Bertz CT molecular complexity index is 682. The average molecular weight is 325 g/mol. The second-order valence-corrected chi connectivity index (χ2v) is 5.99. The van der Waals surface area contributed by atoms with E-state index in [2.05, 4.69) is 10.6 Å². The molecule has 0 saturated heterocycles. The Morgan fingerprint density at radius 3 is 2.00 bits per heavy atom. The number of benzene rings is 2. The van der Waals surface area contributed by atoms with E-state index in [0.29, 0.717) is 11.4 Å². The molecule has 24 heavy (non-hydrogen) atoms. The number of anilines is 2. The summed E-state index contributed by atoms with van der Waals surface area (Å²) < 4.78 is 0. The molecule has 0 aromatic heterocycles. The van der Waals surface area contributed by atoms with Crippen LogP contribution in [0.1, 0.15) is 31.9 Å². The van der Waals surface area contributed by atoms with E-state index in [1.807, 2.05) is 44.2 Å². The molecule has 0 bridgehead atoms. The fourth-order valence-electron chi connectivity index (χ4n) is 2.15. The lowest BCUT2D eigenvalue weighted by molar-refractivity contribution is -0.119. The Morgan fingerprint density at radius 1 is 0.917 bits per heavy atom. The molecule has 2 aromatic carbocycles. The Hall–Kier alpha value is -2.66. The maximum atomic E-state index is 12.1. The second kappa shape index (κ2) is 8.26. The minimum atomic E-state index is -0.337. The molecule has 0 radical (unpaired) electrons.